The summed E-state index contributed by atoms with van der Waals surface area (Å²) in [6, 6.07) is 2.41. The van der Waals surface area contributed by atoms with Crippen molar-refractivity contribution in [3.63, 3.8) is 0 Å². The predicted molar refractivity (Wildman–Crippen MR) is 52.2 cm³/mol. The molecule has 0 radical (unpaired) electrons. The molecular weight excluding hydrogens is 170 g/mol. The summed E-state index contributed by atoms with van der Waals surface area (Å²) in [7, 11) is 0. The lowest BCUT2D eigenvalue weighted by Gasteiger charge is -2.31. The van der Waals surface area contributed by atoms with Crippen molar-refractivity contribution in [2.24, 2.45) is 0 Å². The Balaban J connectivity index is 2.32. The van der Waals surface area contributed by atoms with Crippen LogP contribution in [0.1, 0.15) is 0 Å². The molecule has 1 N–H and O–H groups in total. The second-order valence-electron chi connectivity index (χ2n) is 2.88. The van der Waals surface area contributed by atoms with E-state index in [-0.39, 0.29) is 6.04 Å². The highest BCUT2D eigenvalue weighted by Crippen LogP contribution is 2.03. The molecule has 0 aromatic carbocycles. The maximum absolute atomic E-state index is 8.82. The van der Waals surface area contributed by atoms with Gasteiger partial charge in [-0.25, -0.2) is 0 Å². The first-order chi connectivity index (χ1) is 5.88. The first-order valence-corrected chi connectivity index (χ1v) is 5.61. The molecule has 1 fully saturated rings. The van der Waals surface area contributed by atoms with Crippen molar-refractivity contribution in [3.8, 4) is 6.07 Å². The predicted octanol–water partition coefficient (Wildman–Crippen LogP) is 0.147. The lowest BCUT2D eigenvalue weighted by Crippen LogP contribution is -2.51. The molecule has 1 aliphatic rings. The van der Waals surface area contributed by atoms with Gasteiger partial charge in [0, 0.05) is 31.9 Å². The molecule has 68 valence electrons. The molecule has 1 saturated heterocycles. The number of thioether (sulfide) groups is 1. The summed E-state index contributed by atoms with van der Waals surface area (Å²) in [5, 5.41) is 12.0. The van der Waals surface area contributed by atoms with Gasteiger partial charge in [-0.2, -0.15) is 17.0 Å². The van der Waals surface area contributed by atoms with Crippen molar-refractivity contribution >= 4 is 11.8 Å². The fourth-order valence-corrected chi connectivity index (χ4v) is 1.77. The van der Waals surface area contributed by atoms with Gasteiger partial charge in [0.05, 0.1) is 6.07 Å². The van der Waals surface area contributed by atoms with E-state index < -0.39 is 0 Å². The summed E-state index contributed by atoms with van der Waals surface area (Å²) in [5.74, 6) is 1.12. The van der Waals surface area contributed by atoms with Crippen molar-refractivity contribution in [2.45, 2.75) is 6.04 Å². The van der Waals surface area contributed by atoms with Crippen LogP contribution < -0.4 is 5.32 Å². The van der Waals surface area contributed by atoms with Crippen molar-refractivity contribution < 1.29 is 0 Å². The summed E-state index contributed by atoms with van der Waals surface area (Å²) in [6.07, 6.45) is 2.10. The van der Waals surface area contributed by atoms with E-state index in [1.54, 1.807) is 0 Å². The van der Waals surface area contributed by atoms with Crippen LogP contribution in [0.4, 0.5) is 0 Å². The normalized spacial score (nSPS) is 25.2. The Morgan fingerprint density at radius 2 is 2.58 bits per heavy atom. The van der Waals surface area contributed by atoms with Crippen LogP contribution in [-0.2, 0) is 0 Å². The number of nitrogens with zero attached hydrogens (tertiary/aromatic N) is 2. The molecule has 1 aliphatic heterocycles. The van der Waals surface area contributed by atoms with Crippen LogP contribution in [0.5, 0.6) is 0 Å². The minimum absolute atomic E-state index is 0.0888. The minimum Gasteiger partial charge on any atom is -0.313 e. The van der Waals surface area contributed by atoms with Gasteiger partial charge in [-0.15, -0.1) is 0 Å². The number of piperazine rings is 1. The Labute approximate surface area is 78.1 Å². The third-order valence-electron chi connectivity index (χ3n) is 2.09. The highest BCUT2D eigenvalue weighted by atomic mass is 32.2. The number of hydrogen-bond donors (Lipinski definition) is 1. The molecule has 3 nitrogen and oxygen atoms in total. The zero-order chi connectivity index (χ0) is 8.81. The summed E-state index contributed by atoms with van der Waals surface area (Å²) >= 11 is 1.84. The van der Waals surface area contributed by atoms with E-state index in [0.717, 1.165) is 31.9 Å². The fraction of sp³-hybridized carbons (Fsp3) is 0.875. The zero-order valence-electron chi connectivity index (χ0n) is 7.42. The van der Waals surface area contributed by atoms with Gasteiger partial charge >= 0.3 is 0 Å². The van der Waals surface area contributed by atoms with Gasteiger partial charge in [0.15, 0.2) is 0 Å². The molecule has 0 aromatic heterocycles. The Bertz CT molecular complexity index is 166. The number of nitrogens with one attached hydrogen (secondary N) is 1. The van der Waals surface area contributed by atoms with E-state index in [1.165, 1.54) is 0 Å². The quantitative estimate of drug-likeness (QED) is 0.679. The average Bonchev–Trinajstić information content (AvgIpc) is 2.15. The van der Waals surface area contributed by atoms with E-state index >= 15 is 0 Å². The van der Waals surface area contributed by atoms with Crippen LogP contribution in [0.15, 0.2) is 0 Å². The maximum Gasteiger partial charge on any atom is 0.110 e. The summed E-state index contributed by atoms with van der Waals surface area (Å²) in [5.41, 5.74) is 0. The van der Waals surface area contributed by atoms with Crippen molar-refractivity contribution in [2.75, 3.05) is 38.2 Å². The zero-order valence-corrected chi connectivity index (χ0v) is 8.23. The highest BCUT2D eigenvalue weighted by molar-refractivity contribution is 7.98. The number of hydrogen-bond acceptors (Lipinski definition) is 4. The SMILES string of the molecule is CSCCN1CCNCC1C#N. The Hall–Kier alpha value is -0.240. The van der Waals surface area contributed by atoms with Gasteiger partial charge in [-0.1, -0.05) is 0 Å². The summed E-state index contributed by atoms with van der Waals surface area (Å²) in [6.45, 7) is 3.90. The van der Waals surface area contributed by atoms with Gasteiger partial charge in [0.25, 0.3) is 0 Å². The van der Waals surface area contributed by atoms with Gasteiger partial charge in [0.2, 0.25) is 0 Å². The first-order valence-electron chi connectivity index (χ1n) is 4.22. The second kappa shape index (κ2) is 5.41. The number of nitriles is 1. The van der Waals surface area contributed by atoms with Gasteiger partial charge in [-0.05, 0) is 6.26 Å². The summed E-state index contributed by atoms with van der Waals surface area (Å²) in [4.78, 5) is 2.26. The molecule has 12 heavy (non-hydrogen) atoms. The van der Waals surface area contributed by atoms with Gasteiger partial charge in [-0.3, -0.25) is 4.90 Å². The smallest absolute Gasteiger partial charge is 0.110 e. The van der Waals surface area contributed by atoms with E-state index in [0.29, 0.717) is 0 Å². The minimum atomic E-state index is 0.0888. The topological polar surface area (TPSA) is 39.1 Å². The second-order valence-corrected chi connectivity index (χ2v) is 3.86. The first kappa shape index (κ1) is 9.85. The molecule has 1 heterocycles. The molecule has 1 atom stereocenters. The lowest BCUT2D eigenvalue weighted by molar-refractivity contribution is 0.209. The largest absolute Gasteiger partial charge is 0.313 e. The van der Waals surface area contributed by atoms with E-state index in [2.05, 4.69) is 22.5 Å². The Morgan fingerprint density at radius 3 is 3.25 bits per heavy atom. The monoisotopic (exact) mass is 185 g/mol. The molecule has 0 amide bonds. The molecule has 1 unspecified atom stereocenters. The van der Waals surface area contributed by atoms with Crippen molar-refractivity contribution in [3.05, 3.63) is 0 Å². The summed E-state index contributed by atoms with van der Waals surface area (Å²) < 4.78 is 0. The van der Waals surface area contributed by atoms with Crippen molar-refractivity contribution in [1.29, 1.82) is 5.26 Å². The Morgan fingerprint density at radius 1 is 1.75 bits per heavy atom. The molecule has 1 rings (SSSR count). The molecule has 0 aliphatic carbocycles. The maximum atomic E-state index is 8.82. The van der Waals surface area contributed by atoms with Crippen molar-refractivity contribution in [1.82, 2.24) is 10.2 Å². The van der Waals surface area contributed by atoms with E-state index in [9.17, 15) is 0 Å². The highest BCUT2D eigenvalue weighted by Gasteiger charge is 2.20. The molecule has 4 heteroatoms. The average molecular weight is 185 g/mol. The molecule has 0 spiro atoms. The van der Waals surface area contributed by atoms with Crippen LogP contribution >= 0.6 is 11.8 Å². The molecule has 0 aromatic rings. The van der Waals surface area contributed by atoms with E-state index in [1.807, 2.05) is 11.8 Å². The van der Waals surface area contributed by atoms with Crippen LogP contribution in [0, 0.1) is 11.3 Å². The Kier molecular flexibility index (Phi) is 4.44. The lowest BCUT2D eigenvalue weighted by atomic mass is 10.2. The van der Waals surface area contributed by atoms with Gasteiger partial charge < -0.3 is 5.32 Å². The third kappa shape index (κ3) is 2.67. The molecule has 0 saturated carbocycles. The van der Waals surface area contributed by atoms with E-state index in [4.69, 9.17) is 5.26 Å². The standard InChI is InChI=1S/C8H15N3S/c1-12-5-4-11-3-2-10-7-8(11)6-9/h8,10H,2-5,7H2,1H3. The van der Waals surface area contributed by atoms with Crippen LogP contribution in [0.3, 0.4) is 0 Å². The number of rotatable bonds is 3. The van der Waals surface area contributed by atoms with Gasteiger partial charge in [0.1, 0.15) is 6.04 Å². The fourth-order valence-electron chi connectivity index (χ4n) is 1.35. The molecular formula is C8H15N3S. The third-order valence-corrected chi connectivity index (χ3v) is 2.68. The van der Waals surface area contributed by atoms with Crippen LogP contribution in [0.2, 0.25) is 0 Å². The van der Waals surface area contributed by atoms with Crippen LogP contribution in [-0.4, -0.2) is 49.1 Å². The molecule has 0 bridgehead atoms. The van der Waals surface area contributed by atoms with Crippen LogP contribution in [0.25, 0.3) is 0 Å².